The summed E-state index contributed by atoms with van der Waals surface area (Å²) in [6, 6.07) is -0.186. The number of nitrogens with one attached hydrogen (secondary N) is 1. The Morgan fingerprint density at radius 2 is 1.93 bits per heavy atom. The van der Waals surface area contributed by atoms with Gasteiger partial charge >= 0.3 is 11.9 Å². The number of carbonyl (C=O) groups is 2. The van der Waals surface area contributed by atoms with Crippen molar-refractivity contribution in [1.82, 2.24) is 5.32 Å². The molecular weight excluding hydrogens is 196 g/mol. The van der Waals surface area contributed by atoms with Crippen molar-refractivity contribution in [1.29, 1.82) is 0 Å². The molecule has 1 unspecified atom stereocenters. The lowest BCUT2D eigenvalue weighted by atomic mass is 9.84. The lowest BCUT2D eigenvalue weighted by molar-refractivity contribution is -0.150. The lowest BCUT2D eigenvalue weighted by Crippen LogP contribution is -2.48. The van der Waals surface area contributed by atoms with Crippen molar-refractivity contribution in [3.8, 4) is 0 Å². The lowest BCUT2D eigenvalue weighted by Gasteiger charge is -2.29. The van der Waals surface area contributed by atoms with E-state index in [0.29, 0.717) is 12.5 Å². The van der Waals surface area contributed by atoms with Gasteiger partial charge in [0.2, 0.25) is 0 Å². The van der Waals surface area contributed by atoms with Gasteiger partial charge in [-0.2, -0.15) is 0 Å². The summed E-state index contributed by atoms with van der Waals surface area (Å²) in [6.45, 7) is 0.309. The van der Waals surface area contributed by atoms with Crippen molar-refractivity contribution in [2.45, 2.75) is 38.1 Å². The van der Waals surface area contributed by atoms with Crippen LogP contribution in [-0.2, 0) is 9.59 Å². The van der Waals surface area contributed by atoms with E-state index in [1.54, 1.807) is 0 Å². The van der Waals surface area contributed by atoms with Crippen LogP contribution in [0.25, 0.3) is 0 Å². The summed E-state index contributed by atoms with van der Waals surface area (Å²) < 4.78 is 0. The average Bonchev–Trinajstić information content (AvgIpc) is 2.26. The fourth-order valence-corrected chi connectivity index (χ4v) is 2.14. The van der Waals surface area contributed by atoms with Crippen LogP contribution in [0.5, 0.6) is 0 Å². The zero-order chi connectivity index (χ0) is 11.3. The first kappa shape index (κ1) is 12.0. The number of carbonyl (C=O) groups excluding carboxylic acids is 1. The van der Waals surface area contributed by atoms with Crippen LogP contribution in [0.1, 0.15) is 32.1 Å². The molecule has 0 bridgehead atoms. The van der Waals surface area contributed by atoms with E-state index in [1.807, 2.05) is 0 Å². The van der Waals surface area contributed by atoms with Crippen LogP contribution in [0.2, 0.25) is 0 Å². The van der Waals surface area contributed by atoms with Gasteiger partial charge in [-0.3, -0.25) is 4.79 Å². The van der Waals surface area contributed by atoms with Gasteiger partial charge in [0.05, 0.1) is 0 Å². The van der Waals surface area contributed by atoms with Crippen molar-refractivity contribution in [2.75, 3.05) is 6.54 Å². The molecule has 1 atom stereocenters. The molecule has 5 nitrogen and oxygen atoms in total. The first-order valence-corrected chi connectivity index (χ1v) is 5.39. The van der Waals surface area contributed by atoms with Crippen molar-refractivity contribution in [2.24, 2.45) is 11.7 Å². The molecule has 0 saturated heterocycles. The maximum Gasteiger partial charge on any atom is 0.394 e. The van der Waals surface area contributed by atoms with E-state index in [0.717, 1.165) is 25.7 Å². The number of amides is 1. The van der Waals surface area contributed by atoms with Gasteiger partial charge in [0.1, 0.15) is 0 Å². The zero-order valence-corrected chi connectivity index (χ0v) is 8.74. The third kappa shape index (κ3) is 3.51. The molecule has 0 heterocycles. The second-order valence-corrected chi connectivity index (χ2v) is 4.02. The fourth-order valence-electron chi connectivity index (χ4n) is 2.14. The Bertz CT molecular complexity index is 237. The number of hydrogen-bond acceptors (Lipinski definition) is 3. The van der Waals surface area contributed by atoms with Gasteiger partial charge in [-0.25, -0.2) is 4.79 Å². The Morgan fingerprint density at radius 3 is 2.40 bits per heavy atom. The van der Waals surface area contributed by atoms with Gasteiger partial charge in [-0.1, -0.05) is 19.3 Å². The average molecular weight is 214 g/mol. The van der Waals surface area contributed by atoms with Gasteiger partial charge in [0, 0.05) is 12.6 Å². The predicted molar refractivity (Wildman–Crippen MR) is 55.2 cm³/mol. The molecule has 1 aliphatic rings. The summed E-state index contributed by atoms with van der Waals surface area (Å²) in [7, 11) is 0. The van der Waals surface area contributed by atoms with Crippen molar-refractivity contribution < 1.29 is 14.7 Å². The maximum atomic E-state index is 11.0. The quantitative estimate of drug-likeness (QED) is 0.581. The Kier molecular flexibility index (Phi) is 4.55. The fraction of sp³-hybridized carbons (Fsp3) is 0.800. The standard InChI is InChI=1S/C10H18N2O3/c11-6-8(12-9(13)10(14)15)7-4-2-1-3-5-7/h7-8H,1-6,11H2,(H,12,13)(H,14,15). The van der Waals surface area contributed by atoms with Crippen LogP contribution in [0, 0.1) is 5.92 Å². The first-order valence-electron chi connectivity index (χ1n) is 5.39. The largest absolute Gasteiger partial charge is 0.474 e. The van der Waals surface area contributed by atoms with E-state index in [9.17, 15) is 9.59 Å². The highest BCUT2D eigenvalue weighted by molar-refractivity contribution is 6.31. The minimum absolute atomic E-state index is 0.186. The summed E-state index contributed by atoms with van der Waals surface area (Å²) in [5, 5.41) is 10.9. The molecule has 0 aromatic heterocycles. The smallest absolute Gasteiger partial charge is 0.394 e. The van der Waals surface area contributed by atoms with Gasteiger partial charge in [-0.15, -0.1) is 0 Å². The Labute approximate surface area is 89.0 Å². The number of carboxylic acids is 1. The number of hydrogen-bond donors (Lipinski definition) is 3. The summed E-state index contributed by atoms with van der Waals surface area (Å²) in [5.41, 5.74) is 5.54. The molecular formula is C10H18N2O3. The van der Waals surface area contributed by atoms with E-state index in [1.165, 1.54) is 6.42 Å². The highest BCUT2D eigenvalue weighted by Crippen LogP contribution is 2.26. The molecule has 5 heteroatoms. The van der Waals surface area contributed by atoms with Gasteiger partial charge in [-0.05, 0) is 18.8 Å². The molecule has 1 fully saturated rings. The highest BCUT2D eigenvalue weighted by Gasteiger charge is 2.25. The molecule has 0 aliphatic heterocycles. The molecule has 0 spiro atoms. The van der Waals surface area contributed by atoms with Crippen molar-refractivity contribution in [3.63, 3.8) is 0 Å². The monoisotopic (exact) mass is 214 g/mol. The minimum atomic E-state index is -1.44. The third-order valence-corrected chi connectivity index (χ3v) is 2.98. The molecule has 1 aliphatic carbocycles. The van der Waals surface area contributed by atoms with Crippen LogP contribution >= 0.6 is 0 Å². The topological polar surface area (TPSA) is 92.4 Å². The molecule has 86 valence electrons. The predicted octanol–water partition coefficient (Wildman–Crippen LogP) is 0.0948. The molecule has 0 radical (unpaired) electrons. The SMILES string of the molecule is NCC(NC(=O)C(=O)O)C1CCCCC1. The van der Waals surface area contributed by atoms with Crippen LogP contribution < -0.4 is 11.1 Å². The van der Waals surface area contributed by atoms with Crippen LogP contribution in [0.15, 0.2) is 0 Å². The van der Waals surface area contributed by atoms with E-state index >= 15 is 0 Å². The van der Waals surface area contributed by atoms with Crippen molar-refractivity contribution >= 4 is 11.9 Å². The van der Waals surface area contributed by atoms with E-state index in [4.69, 9.17) is 10.8 Å². The zero-order valence-electron chi connectivity index (χ0n) is 8.74. The summed E-state index contributed by atoms with van der Waals surface area (Å²) in [6.07, 6.45) is 5.57. The van der Waals surface area contributed by atoms with Crippen molar-refractivity contribution in [3.05, 3.63) is 0 Å². The number of aliphatic carboxylic acids is 1. The molecule has 15 heavy (non-hydrogen) atoms. The number of carboxylic acid groups (broad SMARTS) is 1. The molecule has 0 aromatic rings. The first-order chi connectivity index (χ1) is 7.15. The summed E-state index contributed by atoms with van der Waals surface area (Å²) in [5.74, 6) is -2.05. The Hall–Kier alpha value is -1.10. The summed E-state index contributed by atoms with van der Waals surface area (Å²) in [4.78, 5) is 21.4. The van der Waals surface area contributed by atoms with E-state index in [2.05, 4.69) is 5.32 Å². The molecule has 1 amide bonds. The molecule has 4 N–H and O–H groups in total. The molecule has 1 rings (SSSR count). The van der Waals surface area contributed by atoms with Gasteiger partial charge in [0.25, 0.3) is 0 Å². The Balaban J connectivity index is 2.46. The van der Waals surface area contributed by atoms with Crippen LogP contribution in [0.4, 0.5) is 0 Å². The van der Waals surface area contributed by atoms with E-state index in [-0.39, 0.29) is 6.04 Å². The second-order valence-electron chi connectivity index (χ2n) is 4.02. The van der Waals surface area contributed by atoms with Crippen LogP contribution in [0.3, 0.4) is 0 Å². The van der Waals surface area contributed by atoms with Gasteiger partial charge < -0.3 is 16.2 Å². The minimum Gasteiger partial charge on any atom is -0.474 e. The summed E-state index contributed by atoms with van der Waals surface area (Å²) >= 11 is 0. The molecule has 1 saturated carbocycles. The maximum absolute atomic E-state index is 11.0. The van der Waals surface area contributed by atoms with Crippen LogP contribution in [-0.4, -0.2) is 29.6 Å². The number of nitrogens with two attached hydrogens (primary N) is 1. The third-order valence-electron chi connectivity index (χ3n) is 2.98. The number of rotatable bonds is 3. The normalized spacial score (nSPS) is 19.5. The molecule has 0 aromatic carbocycles. The Morgan fingerprint density at radius 1 is 1.33 bits per heavy atom. The highest BCUT2D eigenvalue weighted by atomic mass is 16.4. The second kappa shape index (κ2) is 5.70. The van der Waals surface area contributed by atoms with E-state index < -0.39 is 11.9 Å². The van der Waals surface area contributed by atoms with Gasteiger partial charge in [0.15, 0.2) is 0 Å².